The summed E-state index contributed by atoms with van der Waals surface area (Å²) in [6.45, 7) is 2.07. The molecule has 124 valence electrons. The van der Waals surface area contributed by atoms with E-state index in [-0.39, 0.29) is 18.4 Å². The zero-order valence-electron chi connectivity index (χ0n) is 13.7. The molecule has 23 heavy (non-hydrogen) atoms. The lowest BCUT2D eigenvalue weighted by molar-refractivity contribution is -0.120. The van der Waals surface area contributed by atoms with E-state index in [2.05, 4.69) is 10.6 Å². The van der Waals surface area contributed by atoms with Crippen LogP contribution in [0.5, 0.6) is 0 Å². The Morgan fingerprint density at radius 2 is 1.87 bits per heavy atom. The van der Waals surface area contributed by atoms with E-state index < -0.39 is 0 Å². The Morgan fingerprint density at radius 3 is 2.43 bits per heavy atom. The van der Waals surface area contributed by atoms with Gasteiger partial charge in [-0.15, -0.1) is 0 Å². The minimum atomic E-state index is -0.363. The van der Waals surface area contributed by atoms with Gasteiger partial charge in [0.2, 0.25) is 5.91 Å². The summed E-state index contributed by atoms with van der Waals surface area (Å²) < 4.78 is 4.77. The third-order valence-electron chi connectivity index (χ3n) is 4.77. The molecular formula is C18H24N2O3. The number of hydrogen-bond acceptors (Lipinski definition) is 4. The average molecular weight is 316 g/mol. The van der Waals surface area contributed by atoms with Crippen LogP contribution < -0.4 is 10.6 Å². The van der Waals surface area contributed by atoms with Crippen LogP contribution in [0.3, 0.4) is 0 Å². The molecule has 3 rings (SSSR count). The first-order valence-corrected chi connectivity index (χ1v) is 8.31. The molecule has 0 spiro atoms. The SMILES string of the molecule is COC(=O)c1cccc(NCC(=O)NC(C2CC2)C2CC2)c1C. The Morgan fingerprint density at radius 1 is 1.22 bits per heavy atom. The molecule has 1 aromatic rings. The van der Waals surface area contributed by atoms with E-state index in [1.165, 1.54) is 32.8 Å². The van der Waals surface area contributed by atoms with Crippen molar-refractivity contribution in [2.45, 2.75) is 38.6 Å². The molecule has 0 saturated heterocycles. The highest BCUT2D eigenvalue weighted by Gasteiger charge is 2.42. The second kappa shape index (κ2) is 6.60. The lowest BCUT2D eigenvalue weighted by Crippen LogP contribution is -2.41. The number of anilines is 1. The zero-order chi connectivity index (χ0) is 16.4. The molecule has 2 aliphatic carbocycles. The predicted molar refractivity (Wildman–Crippen MR) is 88.4 cm³/mol. The Hall–Kier alpha value is -2.04. The molecule has 1 amide bonds. The molecular weight excluding hydrogens is 292 g/mol. The van der Waals surface area contributed by atoms with Gasteiger partial charge in [-0.25, -0.2) is 4.79 Å². The van der Waals surface area contributed by atoms with Gasteiger partial charge in [0, 0.05) is 11.7 Å². The van der Waals surface area contributed by atoms with Crippen LogP contribution in [0.15, 0.2) is 18.2 Å². The van der Waals surface area contributed by atoms with E-state index >= 15 is 0 Å². The Labute approximate surface area is 136 Å². The van der Waals surface area contributed by atoms with Gasteiger partial charge >= 0.3 is 5.97 Å². The molecule has 0 aromatic heterocycles. The number of amides is 1. The second-order valence-corrected chi connectivity index (χ2v) is 6.59. The molecule has 0 radical (unpaired) electrons. The first kappa shape index (κ1) is 15.8. The first-order chi connectivity index (χ1) is 11.1. The summed E-state index contributed by atoms with van der Waals surface area (Å²) in [6, 6.07) is 5.75. The average Bonchev–Trinajstić information content (AvgIpc) is 3.43. The molecule has 1 aromatic carbocycles. The maximum absolute atomic E-state index is 12.2. The normalized spacial score (nSPS) is 17.0. The monoisotopic (exact) mass is 316 g/mol. The topological polar surface area (TPSA) is 67.4 Å². The Bertz CT molecular complexity index is 594. The van der Waals surface area contributed by atoms with E-state index in [0.717, 1.165) is 11.3 Å². The van der Waals surface area contributed by atoms with Crippen molar-refractivity contribution in [3.63, 3.8) is 0 Å². The smallest absolute Gasteiger partial charge is 0.338 e. The van der Waals surface area contributed by atoms with Crippen LogP contribution in [0.25, 0.3) is 0 Å². The minimum absolute atomic E-state index is 0.0247. The highest BCUT2D eigenvalue weighted by atomic mass is 16.5. The van der Waals surface area contributed by atoms with Crippen LogP contribution in [0.2, 0.25) is 0 Å². The summed E-state index contributed by atoms with van der Waals surface area (Å²) in [4.78, 5) is 23.9. The maximum atomic E-state index is 12.2. The summed E-state index contributed by atoms with van der Waals surface area (Å²) in [5.74, 6) is 1.04. The summed E-state index contributed by atoms with van der Waals surface area (Å²) in [5.41, 5.74) is 2.11. The van der Waals surface area contributed by atoms with Crippen molar-refractivity contribution in [2.75, 3.05) is 19.0 Å². The maximum Gasteiger partial charge on any atom is 0.338 e. The van der Waals surface area contributed by atoms with E-state index in [1.807, 2.05) is 13.0 Å². The molecule has 2 saturated carbocycles. The molecule has 5 nitrogen and oxygen atoms in total. The van der Waals surface area contributed by atoms with Gasteiger partial charge in [0.05, 0.1) is 19.2 Å². The number of benzene rings is 1. The van der Waals surface area contributed by atoms with Crippen LogP contribution in [0, 0.1) is 18.8 Å². The summed E-state index contributed by atoms with van der Waals surface area (Å²) in [5, 5.41) is 6.32. The van der Waals surface area contributed by atoms with Crippen LogP contribution in [0.1, 0.15) is 41.6 Å². The van der Waals surface area contributed by atoms with Gasteiger partial charge in [-0.05, 0) is 62.1 Å². The Balaban J connectivity index is 1.57. The van der Waals surface area contributed by atoms with Gasteiger partial charge < -0.3 is 15.4 Å². The van der Waals surface area contributed by atoms with Crippen molar-refractivity contribution in [3.8, 4) is 0 Å². The number of rotatable bonds is 7. The lowest BCUT2D eigenvalue weighted by atomic mass is 10.1. The van der Waals surface area contributed by atoms with E-state index in [9.17, 15) is 9.59 Å². The van der Waals surface area contributed by atoms with Crippen molar-refractivity contribution in [2.24, 2.45) is 11.8 Å². The number of methoxy groups -OCH3 is 1. The third kappa shape index (κ3) is 3.84. The number of carbonyl (C=O) groups excluding carboxylic acids is 2. The number of nitrogens with one attached hydrogen (secondary N) is 2. The van der Waals surface area contributed by atoms with E-state index in [4.69, 9.17) is 4.74 Å². The van der Waals surface area contributed by atoms with E-state index in [0.29, 0.717) is 23.4 Å². The number of carbonyl (C=O) groups is 2. The molecule has 0 aliphatic heterocycles. The van der Waals surface area contributed by atoms with E-state index in [1.54, 1.807) is 12.1 Å². The van der Waals surface area contributed by atoms with Gasteiger partial charge in [0.15, 0.2) is 0 Å². The molecule has 5 heteroatoms. The fraction of sp³-hybridized carbons (Fsp3) is 0.556. The third-order valence-corrected chi connectivity index (χ3v) is 4.77. The standard InChI is InChI=1S/C18H24N2O3/c1-11-14(18(22)23-2)4-3-5-15(11)19-10-16(21)20-17(12-6-7-12)13-8-9-13/h3-5,12-13,17,19H,6-10H2,1-2H3,(H,20,21). The van der Waals surface area contributed by atoms with Crippen molar-refractivity contribution >= 4 is 17.6 Å². The highest BCUT2D eigenvalue weighted by Crippen LogP contribution is 2.44. The Kier molecular flexibility index (Phi) is 4.55. The minimum Gasteiger partial charge on any atom is -0.465 e. The molecule has 2 fully saturated rings. The van der Waals surface area contributed by atoms with Crippen molar-refractivity contribution in [1.82, 2.24) is 5.32 Å². The van der Waals surface area contributed by atoms with Crippen LogP contribution in [0.4, 0.5) is 5.69 Å². The molecule has 2 aliphatic rings. The molecule has 2 N–H and O–H groups in total. The van der Waals surface area contributed by atoms with Crippen LogP contribution >= 0.6 is 0 Å². The summed E-state index contributed by atoms with van der Waals surface area (Å²) in [7, 11) is 1.37. The largest absolute Gasteiger partial charge is 0.465 e. The van der Waals surface area contributed by atoms with Crippen molar-refractivity contribution in [3.05, 3.63) is 29.3 Å². The second-order valence-electron chi connectivity index (χ2n) is 6.59. The van der Waals surface area contributed by atoms with Gasteiger partial charge in [-0.3, -0.25) is 4.79 Å². The first-order valence-electron chi connectivity index (χ1n) is 8.31. The fourth-order valence-electron chi connectivity index (χ4n) is 3.10. The predicted octanol–water partition coefficient (Wildman–Crippen LogP) is 2.50. The molecule has 0 unspecified atom stereocenters. The summed E-state index contributed by atoms with van der Waals surface area (Å²) in [6.07, 6.45) is 4.98. The van der Waals surface area contributed by atoms with Crippen molar-refractivity contribution in [1.29, 1.82) is 0 Å². The lowest BCUT2D eigenvalue weighted by Gasteiger charge is -2.18. The van der Waals surface area contributed by atoms with Crippen molar-refractivity contribution < 1.29 is 14.3 Å². The quantitative estimate of drug-likeness (QED) is 0.759. The van der Waals surface area contributed by atoms with Gasteiger partial charge in [-0.2, -0.15) is 0 Å². The number of esters is 1. The van der Waals surface area contributed by atoms with Gasteiger partial charge in [0.1, 0.15) is 0 Å². The molecule has 0 heterocycles. The molecule has 0 atom stereocenters. The zero-order valence-corrected chi connectivity index (χ0v) is 13.7. The number of ether oxygens (including phenoxy) is 1. The highest BCUT2D eigenvalue weighted by molar-refractivity contribution is 5.93. The molecule has 0 bridgehead atoms. The van der Waals surface area contributed by atoms with Crippen LogP contribution in [-0.2, 0) is 9.53 Å². The number of hydrogen-bond donors (Lipinski definition) is 2. The summed E-state index contributed by atoms with van der Waals surface area (Å²) >= 11 is 0. The fourth-order valence-corrected chi connectivity index (χ4v) is 3.10. The van der Waals surface area contributed by atoms with Gasteiger partial charge in [-0.1, -0.05) is 6.07 Å². The van der Waals surface area contributed by atoms with Gasteiger partial charge in [0.25, 0.3) is 0 Å². The van der Waals surface area contributed by atoms with Crippen LogP contribution in [-0.4, -0.2) is 31.6 Å².